The highest BCUT2D eigenvalue weighted by Gasteiger charge is 2.25. The molecule has 0 amide bonds. The Morgan fingerprint density at radius 1 is 1.22 bits per heavy atom. The minimum absolute atomic E-state index is 0.215. The van der Waals surface area contributed by atoms with Crippen LogP contribution in [0.3, 0.4) is 0 Å². The molecule has 1 fully saturated rings. The average molecular weight is 246 g/mol. The van der Waals surface area contributed by atoms with Crippen LogP contribution in [0.5, 0.6) is 0 Å². The Morgan fingerprint density at radius 2 is 1.89 bits per heavy atom. The molecule has 0 saturated carbocycles. The molecule has 2 heteroatoms. The number of anilines is 1. The van der Waals surface area contributed by atoms with Crippen LogP contribution in [-0.4, -0.2) is 24.7 Å². The molecule has 0 bridgehead atoms. The molecule has 1 heterocycles. The van der Waals surface area contributed by atoms with Gasteiger partial charge in [-0.1, -0.05) is 19.1 Å². The lowest BCUT2D eigenvalue weighted by Crippen LogP contribution is -2.44. The van der Waals surface area contributed by atoms with Crippen molar-refractivity contribution in [2.24, 2.45) is 0 Å². The summed E-state index contributed by atoms with van der Waals surface area (Å²) in [5, 5.41) is 3.70. The highest BCUT2D eigenvalue weighted by molar-refractivity contribution is 5.48. The second-order valence-electron chi connectivity index (χ2n) is 6.35. The summed E-state index contributed by atoms with van der Waals surface area (Å²) in [5.74, 6) is 0. The molecular formula is C16H26N2. The summed E-state index contributed by atoms with van der Waals surface area (Å²) in [6.45, 7) is 11.2. The van der Waals surface area contributed by atoms with Crippen molar-refractivity contribution >= 4 is 5.69 Å². The number of benzene rings is 1. The van der Waals surface area contributed by atoms with Crippen LogP contribution in [0.4, 0.5) is 5.69 Å². The van der Waals surface area contributed by atoms with Crippen LogP contribution in [0.2, 0.25) is 0 Å². The van der Waals surface area contributed by atoms with Crippen LogP contribution in [0.25, 0.3) is 0 Å². The van der Waals surface area contributed by atoms with Crippen LogP contribution in [0.1, 0.15) is 39.7 Å². The van der Waals surface area contributed by atoms with Gasteiger partial charge in [0.1, 0.15) is 0 Å². The molecule has 0 aromatic heterocycles. The van der Waals surface area contributed by atoms with Gasteiger partial charge in [-0.2, -0.15) is 0 Å². The fourth-order valence-electron chi connectivity index (χ4n) is 2.67. The van der Waals surface area contributed by atoms with Gasteiger partial charge in [0.25, 0.3) is 0 Å². The van der Waals surface area contributed by atoms with Crippen LogP contribution in [-0.2, 0) is 6.42 Å². The number of hydrogen-bond donors (Lipinski definition) is 1. The highest BCUT2D eigenvalue weighted by Crippen LogP contribution is 2.22. The van der Waals surface area contributed by atoms with Gasteiger partial charge >= 0.3 is 0 Å². The first-order valence-corrected chi connectivity index (χ1v) is 7.09. The fraction of sp³-hybridized carbons (Fsp3) is 0.625. The smallest absolute Gasteiger partial charge is 0.0366 e. The number of hydrogen-bond acceptors (Lipinski definition) is 2. The average Bonchev–Trinajstić information content (AvgIpc) is 2.75. The molecule has 1 N–H and O–H groups in total. The minimum atomic E-state index is 0.215. The molecule has 1 aromatic carbocycles. The van der Waals surface area contributed by atoms with Crippen molar-refractivity contribution in [2.75, 3.05) is 18.0 Å². The van der Waals surface area contributed by atoms with Crippen LogP contribution >= 0.6 is 0 Å². The predicted octanol–water partition coefficient (Wildman–Crippen LogP) is 3.22. The normalized spacial score (nSPS) is 20.4. The SMILES string of the molecule is CCc1ccc(N2CCC(NC(C)(C)C)C2)cc1. The number of aryl methyl sites for hydroxylation is 1. The Kier molecular flexibility index (Phi) is 3.96. The van der Waals surface area contributed by atoms with Crippen LogP contribution in [0.15, 0.2) is 24.3 Å². The van der Waals surface area contributed by atoms with Crippen molar-refractivity contribution in [3.05, 3.63) is 29.8 Å². The van der Waals surface area contributed by atoms with Gasteiger partial charge < -0.3 is 10.2 Å². The first-order chi connectivity index (χ1) is 8.48. The Balaban J connectivity index is 1.95. The molecule has 1 aliphatic rings. The lowest BCUT2D eigenvalue weighted by atomic mass is 10.1. The van der Waals surface area contributed by atoms with Gasteiger partial charge in [0.05, 0.1) is 0 Å². The zero-order valence-electron chi connectivity index (χ0n) is 12.2. The van der Waals surface area contributed by atoms with E-state index in [0.717, 1.165) is 13.0 Å². The summed E-state index contributed by atoms with van der Waals surface area (Å²) in [7, 11) is 0. The van der Waals surface area contributed by atoms with E-state index in [1.807, 2.05) is 0 Å². The number of rotatable bonds is 3. The fourth-order valence-corrected chi connectivity index (χ4v) is 2.67. The van der Waals surface area contributed by atoms with Crippen LogP contribution in [0, 0.1) is 0 Å². The van der Waals surface area contributed by atoms with Crippen molar-refractivity contribution in [2.45, 2.75) is 52.1 Å². The van der Waals surface area contributed by atoms with Crippen molar-refractivity contribution < 1.29 is 0 Å². The van der Waals surface area contributed by atoms with Crippen molar-refractivity contribution in [1.29, 1.82) is 0 Å². The zero-order valence-corrected chi connectivity index (χ0v) is 12.2. The maximum atomic E-state index is 3.70. The van der Waals surface area contributed by atoms with E-state index in [-0.39, 0.29) is 5.54 Å². The van der Waals surface area contributed by atoms with E-state index >= 15 is 0 Å². The summed E-state index contributed by atoms with van der Waals surface area (Å²) in [5.41, 5.74) is 3.00. The molecule has 0 radical (unpaired) electrons. The molecule has 2 nitrogen and oxygen atoms in total. The van der Waals surface area contributed by atoms with E-state index in [0.29, 0.717) is 6.04 Å². The largest absolute Gasteiger partial charge is 0.370 e. The second kappa shape index (κ2) is 5.31. The van der Waals surface area contributed by atoms with E-state index in [1.54, 1.807) is 0 Å². The molecule has 1 atom stereocenters. The van der Waals surface area contributed by atoms with E-state index in [1.165, 1.54) is 24.2 Å². The maximum Gasteiger partial charge on any atom is 0.0366 e. The molecule has 1 aromatic rings. The molecule has 100 valence electrons. The molecule has 1 aliphatic heterocycles. The molecule has 18 heavy (non-hydrogen) atoms. The standard InChI is InChI=1S/C16H26N2/c1-5-13-6-8-15(9-7-13)18-11-10-14(12-18)17-16(2,3)4/h6-9,14,17H,5,10-12H2,1-4H3. The highest BCUT2D eigenvalue weighted by atomic mass is 15.2. The first-order valence-electron chi connectivity index (χ1n) is 7.09. The van der Waals surface area contributed by atoms with Crippen molar-refractivity contribution in [3.63, 3.8) is 0 Å². The zero-order chi connectivity index (χ0) is 13.2. The van der Waals surface area contributed by atoms with E-state index in [2.05, 4.69) is 62.2 Å². The lowest BCUT2D eigenvalue weighted by Gasteiger charge is -2.26. The van der Waals surface area contributed by atoms with E-state index in [4.69, 9.17) is 0 Å². The Morgan fingerprint density at radius 3 is 2.44 bits per heavy atom. The topological polar surface area (TPSA) is 15.3 Å². The van der Waals surface area contributed by atoms with Gasteiger partial charge in [-0.25, -0.2) is 0 Å². The van der Waals surface area contributed by atoms with Gasteiger partial charge in [-0.15, -0.1) is 0 Å². The summed E-state index contributed by atoms with van der Waals surface area (Å²) in [6.07, 6.45) is 2.36. The van der Waals surface area contributed by atoms with Crippen LogP contribution < -0.4 is 10.2 Å². The van der Waals surface area contributed by atoms with E-state index < -0.39 is 0 Å². The molecular weight excluding hydrogens is 220 g/mol. The summed E-state index contributed by atoms with van der Waals surface area (Å²) in [6, 6.07) is 9.65. The lowest BCUT2D eigenvalue weighted by molar-refractivity contribution is 0.373. The van der Waals surface area contributed by atoms with Gasteiger partial charge in [-0.05, 0) is 51.3 Å². The molecule has 1 unspecified atom stereocenters. The summed E-state index contributed by atoms with van der Waals surface area (Å²) in [4.78, 5) is 2.49. The van der Waals surface area contributed by atoms with Gasteiger partial charge in [0.2, 0.25) is 0 Å². The second-order valence-corrected chi connectivity index (χ2v) is 6.35. The van der Waals surface area contributed by atoms with Crippen molar-refractivity contribution in [3.8, 4) is 0 Å². The van der Waals surface area contributed by atoms with Gasteiger partial charge in [0.15, 0.2) is 0 Å². The summed E-state index contributed by atoms with van der Waals surface area (Å²) >= 11 is 0. The Hall–Kier alpha value is -1.02. The molecule has 1 saturated heterocycles. The third-order valence-corrected chi connectivity index (χ3v) is 3.54. The Bertz CT molecular complexity index is 375. The van der Waals surface area contributed by atoms with Gasteiger partial charge in [-0.3, -0.25) is 0 Å². The van der Waals surface area contributed by atoms with Gasteiger partial charge in [0, 0.05) is 30.4 Å². The molecule has 0 spiro atoms. The predicted molar refractivity (Wildman–Crippen MR) is 79.3 cm³/mol. The first kappa shape index (κ1) is 13.4. The number of nitrogens with one attached hydrogen (secondary N) is 1. The molecule has 0 aliphatic carbocycles. The monoisotopic (exact) mass is 246 g/mol. The summed E-state index contributed by atoms with van der Waals surface area (Å²) < 4.78 is 0. The minimum Gasteiger partial charge on any atom is -0.370 e. The third kappa shape index (κ3) is 3.49. The van der Waals surface area contributed by atoms with Crippen molar-refractivity contribution in [1.82, 2.24) is 5.32 Å². The molecule has 2 rings (SSSR count). The maximum absolute atomic E-state index is 3.70. The third-order valence-electron chi connectivity index (χ3n) is 3.54. The van der Waals surface area contributed by atoms with E-state index in [9.17, 15) is 0 Å². The Labute approximate surface area is 111 Å². The number of nitrogens with zero attached hydrogens (tertiary/aromatic N) is 1. The quantitative estimate of drug-likeness (QED) is 0.881.